The fourth-order valence-electron chi connectivity index (χ4n) is 3.84. The molecule has 0 aliphatic carbocycles. The first-order chi connectivity index (χ1) is 15.7. The highest BCUT2D eigenvalue weighted by molar-refractivity contribution is 7.91. The zero-order valence-corrected chi connectivity index (χ0v) is 20.7. The second-order valence-electron chi connectivity index (χ2n) is 8.28. The summed E-state index contributed by atoms with van der Waals surface area (Å²) in [5.41, 5.74) is -3.59. The van der Waals surface area contributed by atoms with Gasteiger partial charge in [0.05, 0.1) is 11.5 Å². The summed E-state index contributed by atoms with van der Waals surface area (Å²) in [6, 6.07) is 0. The Labute approximate surface area is 192 Å². The first-order valence-electron chi connectivity index (χ1n) is 11.5. The Morgan fingerprint density at radius 2 is 1.33 bits per heavy atom. The number of sulfone groups is 1. The number of H-pyrrole nitrogens is 2. The number of imidazole rings is 1. The molecule has 0 aliphatic rings. The van der Waals surface area contributed by atoms with Gasteiger partial charge in [-0.2, -0.15) is 0 Å². The lowest BCUT2D eigenvalue weighted by atomic mass is 10.1. The molecule has 2 aromatic rings. The Morgan fingerprint density at radius 3 is 1.91 bits per heavy atom. The number of aryl methyl sites for hydroxylation is 1. The molecule has 11 nitrogen and oxygen atoms in total. The Bertz CT molecular complexity index is 1260. The van der Waals surface area contributed by atoms with E-state index in [0.29, 0.717) is 6.42 Å². The standard InChI is InChI=1S/C20H33N4O7PS/c1-2-3-4-5-6-7-8-9-10-11-14-33(30,31)15-12-13-23-17-16(21-19(26)22-17)18(25)24(20(23)27)32(28)29/h2-15H2,1H3,(H2,21,22,26). The maximum Gasteiger partial charge on any atom is 0.438 e. The monoisotopic (exact) mass is 504 g/mol. The minimum absolute atomic E-state index is 0.0275. The van der Waals surface area contributed by atoms with Crippen molar-refractivity contribution >= 4 is 28.8 Å². The van der Waals surface area contributed by atoms with Crippen molar-refractivity contribution in [2.75, 3.05) is 11.5 Å². The van der Waals surface area contributed by atoms with Crippen molar-refractivity contribution in [3.8, 4) is 0 Å². The molecule has 0 bridgehead atoms. The largest absolute Gasteiger partial charge is 0.438 e. The molecule has 0 saturated carbocycles. The van der Waals surface area contributed by atoms with E-state index >= 15 is 0 Å². The van der Waals surface area contributed by atoms with Gasteiger partial charge in [0.2, 0.25) is 0 Å². The van der Waals surface area contributed by atoms with E-state index in [9.17, 15) is 31.9 Å². The molecule has 0 fully saturated rings. The van der Waals surface area contributed by atoms with E-state index in [1.807, 2.05) is 0 Å². The third-order valence-corrected chi connectivity index (χ3v) is 8.11. The van der Waals surface area contributed by atoms with Gasteiger partial charge in [-0.3, -0.25) is 19.3 Å². The minimum Gasteiger partial charge on any atom is -0.300 e. The molecule has 33 heavy (non-hydrogen) atoms. The molecule has 0 spiro atoms. The summed E-state index contributed by atoms with van der Waals surface area (Å²) in [4.78, 5) is 40.6. The third kappa shape index (κ3) is 7.96. The number of nitrogens with zero attached hydrogens (tertiary/aromatic N) is 2. The molecule has 0 aromatic carbocycles. The lowest BCUT2D eigenvalue weighted by molar-refractivity contribution is 0.501. The van der Waals surface area contributed by atoms with Crippen molar-refractivity contribution in [1.29, 1.82) is 0 Å². The van der Waals surface area contributed by atoms with E-state index < -0.39 is 34.6 Å². The first kappa shape index (κ1) is 27.0. The lowest BCUT2D eigenvalue weighted by Gasteiger charge is -2.09. The second kappa shape index (κ2) is 12.9. The van der Waals surface area contributed by atoms with Crippen LogP contribution in [0.25, 0.3) is 11.2 Å². The summed E-state index contributed by atoms with van der Waals surface area (Å²) >= 11 is 0. The fourth-order valence-corrected chi connectivity index (χ4v) is 5.75. The van der Waals surface area contributed by atoms with E-state index in [4.69, 9.17) is 0 Å². The van der Waals surface area contributed by atoms with E-state index in [-0.39, 0.29) is 40.0 Å². The minimum atomic E-state index is -3.56. The van der Waals surface area contributed by atoms with Gasteiger partial charge in [-0.05, 0) is 12.8 Å². The second-order valence-corrected chi connectivity index (χ2v) is 11.5. The van der Waals surface area contributed by atoms with Crippen LogP contribution in [0.3, 0.4) is 0 Å². The predicted octanol–water partition coefficient (Wildman–Crippen LogP) is 2.84. The summed E-state index contributed by atoms with van der Waals surface area (Å²) in [5.74, 6) is -0.129. The highest BCUT2D eigenvalue weighted by Gasteiger charge is 2.19. The molecule has 0 radical (unpaired) electrons. The molecule has 0 aliphatic heterocycles. The van der Waals surface area contributed by atoms with Gasteiger partial charge in [0, 0.05) is 6.54 Å². The molecule has 0 saturated heterocycles. The number of unbranched alkanes of at least 4 members (excludes halogenated alkanes) is 9. The van der Waals surface area contributed by atoms with Crippen LogP contribution in [0, 0.1) is 0 Å². The number of hydrogen-bond acceptors (Lipinski definition) is 7. The van der Waals surface area contributed by atoms with Crippen LogP contribution in [-0.2, 0) is 25.5 Å². The van der Waals surface area contributed by atoms with Crippen LogP contribution in [0.5, 0.6) is 0 Å². The van der Waals surface area contributed by atoms with E-state index in [2.05, 4.69) is 16.9 Å². The van der Waals surface area contributed by atoms with Gasteiger partial charge in [-0.1, -0.05) is 64.7 Å². The Balaban J connectivity index is 1.85. The zero-order chi connectivity index (χ0) is 24.4. The van der Waals surface area contributed by atoms with Crippen LogP contribution in [-0.4, -0.2) is 38.8 Å². The maximum absolute atomic E-state index is 12.4. The molecular weight excluding hydrogens is 471 g/mol. The van der Waals surface area contributed by atoms with Gasteiger partial charge in [0.25, 0.3) is 5.56 Å². The van der Waals surface area contributed by atoms with Crippen LogP contribution in [0.15, 0.2) is 14.4 Å². The van der Waals surface area contributed by atoms with Gasteiger partial charge in [0.1, 0.15) is 15.5 Å². The highest BCUT2D eigenvalue weighted by Crippen LogP contribution is 2.12. The van der Waals surface area contributed by atoms with E-state index in [1.54, 1.807) is 0 Å². The summed E-state index contributed by atoms with van der Waals surface area (Å²) in [6.07, 6.45) is 11.0. The quantitative estimate of drug-likeness (QED) is 0.262. The van der Waals surface area contributed by atoms with Crippen LogP contribution < -0.4 is 16.9 Å². The van der Waals surface area contributed by atoms with Crippen molar-refractivity contribution in [3.63, 3.8) is 0 Å². The van der Waals surface area contributed by atoms with Crippen molar-refractivity contribution in [1.82, 2.24) is 18.9 Å². The molecule has 2 rings (SSSR count). The molecular formula is C20H33N4O7PS. The normalized spacial score (nSPS) is 11.9. The summed E-state index contributed by atoms with van der Waals surface area (Å²) < 4.78 is 48.3. The van der Waals surface area contributed by atoms with Gasteiger partial charge < -0.3 is 0 Å². The zero-order valence-electron chi connectivity index (χ0n) is 19.0. The van der Waals surface area contributed by atoms with Gasteiger partial charge in [-0.25, -0.2) is 27.1 Å². The number of aromatic nitrogens is 4. The molecule has 13 heteroatoms. The summed E-state index contributed by atoms with van der Waals surface area (Å²) in [5, 5.41) is 0. The third-order valence-electron chi connectivity index (χ3n) is 5.60. The molecule has 2 heterocycles. The molecule has 2 aromatic heterocycles. The molecule has 0 unspecified atom stereocenters. The van der Waals surface area contributed by atoms with Crippen molar-refractivity contribution in [3.05, 3.63) is 31.3 Å². The van der Waals surface area contributed by atoms with E-state index in [0.717, 1.165) is 23.8 Å². The number of nitrogens with one attached hydrogen (secondary N) is 2. The number of rotatable bonds is 16. The van der Waals surface area contributed by atoms with Crippen molar-refractivity contribution < 1.29 is 17.5 Å². The molecule has 186 valence electrons. The maximum atomic E-state index is 12.4. The Hall–Kier alpha value is -2.20. The van der Waals surface area contributed by atoms with E-state index in [1.165, 1.54) is 38.5 Å². The smallest absolute Gasteiger partial charge is 0.300 e. The molecule has 2 N–H and O–H groups in total. The average molecular weight is 505 g/mol. The van der Waals surface area contributed by atoms with Crippen LogP contribution in [0.2, 0.25) is 0 Å². The lowest BCUT2D eigenvalue weighted by Crippen LogP contribution is -2.36. The summed E-state index contributed by atoms with van der Waals surface area (Å²) in [7, 11) is -6.90. The van der Waals surface area contributed by atoms with Crippen LogP contribution in [0.1, 0.15) is 77.6 Å². The molecule has 0 amide bonds. The molecule has 0 atom stereocenters. The predicted molar refractivity (Wildman–Crippen MR) is 126 cm³/mol. The fraction of sp³-hybridized carbons (Fsp3) is 0.750. The van der Waals surface area contributed by atoms with Gasteiger partial charge >= 0.3 is 19.2 Å². The van der Waals surface area contributed by atoms with Gasteiger partial charge in [-0.15, -0.1) is 4.34 Å². The van der Waals surface area contributed by atoms with Gasteiger partial charge in [0.15, 0.2) is 5.52 Å². The van der Waals surface area contributed by atoms with Crippen LogP contribution >= 0.6 is 7.83 Å². The highest BCUT2D eigenvalue weighted by atomic mass is 32.2. The SMILES string of the molecule is CCCCCCCCCCCCS(=O)(=O)CCCn1c(=O)n(P(=O)=O)c(=O)c2[nH]c(=O)[nH]c21. The van der Waals surface area contributed by atoms with Crippen molar-refractivity contribution in [2.24, 2.45) is 0 Å². The first-order valence-corrected chi connectivity index (χ1v) is 14.5. The van der Waals surface area contributed by atoms with Crippen LogP contribution in [0.4, 0.5) is 0 Å². The topological polar surface area (TPSA) is 161 Å². The summed E-state index contributed by atoms with van der Waals surface area (Å²) in [6.45, 7) is 2.03. The number of aromatic amines is 2. The number of fused-ring (bicyclic) bond motifs is 1. The average Bonchev–Trinajstić information content (AvgIpc) is 3.13. The van der Waals surface area contributed by atoms with Crippen molar-refractivity contribution in [2.45, 2.75) is 84.1 Å². The number of hydrogen-bond donors (Lipinski definition) is 2. The Morgan fingerprint density at radius 1 is 0.788 bits per heavy atom. The Kier molecular flexibility index (Phi) is 10.6.